The second-order valence-electron chi connectivity index (χ2n) is 7.51. The predicted molar refractivity (Wildman–Crippen MR) is 121 cm³/mol. The van der Waals surface area contributed by atoms with E-state index in [2.05, 4.69) is 10.3 Å². The minimum absolute atomic E-state index is 0.0516. The van der Waals surface area contributed by atoms with E-state index in [0.29, 0.717) is 35.5 Å². The summed E-state index contributed by atoms with van der Waals surface area (Å²) in [4.78, 5) is 51.6. The summed E-state index contributed by atoms with van der Waals surface area (Å²) in [5, 5.41) is 11.4. The first kappa shape index (κ1) is 22.7. The standard InChI is InChI=1S/C22H25N5O5/c1-25-16(24-20-19(25)21(31)27(3)22(32)26(20)2)12-11-14-7-6-8-15(13-14)23-17(28)9-4-5-10-18(29)30/h6-8,11-13H,4-5,9-10H2,1-3H3,(H,23,28)(H,29,30). The van der Waals surface area contributed by atoms with Gasteiger partial charge < -0.3 is 15.0 Å². The molecular formula is C22H25N5O5. The number of carboxylic acids is 1. The molecule has 1 amide bonds. The lowest BCUT2D eigenvalue weighted by Crippen LogP contribution is -2.37. The molecule has 1 aromatic carbocycles. The molecule has 3 rings (SSSR count). The molecule has 0 saturated heterocycles. The molecule has 0 aliphatic carbocycles. The highest BCUT2D eigenvalue weighted by molar-refractivity contribution is 5.91. The Morgan fingerprint density at radius 2 is 1.75 bits per heavy atom. The summed E-state index contributed by atoms with van der Waals surface area (Å²) in [6.07, 6.45) is 4.80. The van der Waals surface area contributed by atoms with E-state index >= 15 is 0 Å². The highest BCUT2D eigenvalue weighted by atomic mass is 16.4. The summed E-state index contributed by atoms with van der Waals surface area (Å²) in [5.41, 5.74) is 1.22. The number of fused-ring (bicyclic) bond motifs is 1. The van der Waals surface area contributed by atoms with Crippen LogP contribution in [0.5, 0.6) is 0 Å². The number of carbonyl (C=O) groups is 2. The molecule has 2 heterocycles. The quantitative estimate of drug-likeness (QED) is 0.515. The van der Waals surface area contributed by atoms with Crippen molar-refractivity contribution in [2.75, 3.05) is 5.32 Å². The fourth-order valence-electron chi connectivity index (χ4n) is 3.36. The number of imidazole rings is 1. The third kappa shape index (κ3) is 4.85. The van der Waals surface area contributed by atoms with Gasteiger partial charge in [0.05, 0.1) is 0 Å². The van der Waals surface area contributed by atoms with Gasteiger partial charge in [-0.15, -0.1) is 0 Å². The van der Waals surface area contributed by atoms with Crippen molar-refractivity contribution < 1.29 is 14.7 Å². The topological polar surface area (TPSA) is 128 Å². The zero-order chi connectivity index (χ0) is 23.4. The molecule has 0 aliphatic heterocycles. The van der Waals surface area contributed by atoms with Gasteiger partial charge in [0, 0.05) is 39.7 Å². The molecule has 10 nitrogen and oxygen atoms in total. The van der Waals surface area contributed by atoms with Gasteiger partial charge in [0.25, 0.3) is 5.56 Å². The SMILES string of the molecule is Cn1c(=O)c2c(nc(C=Cc3cccc(NC(=O)CCCCC(=O)O)c3)n2C)n(C)c1=O. The van der Waals surface area contributed by atoms with Crippen LogP contribution in [0.2, 0.25) is 0 Å². The van der Waals surface area contributed by atoms with Crippen LogP contribution in [-0.4, -0.2) is 35.7 Å². The first-order valence-electron chi connectivity index (χ1n) is 10.1. The number of aromatic nitrogens is 4. The van der Waals surface area contributed by atoms with Crippen LogP contribution in [0, 0.1) is 0 Å². The smallest absolute Gasteiger partial charge is 0.332 e. The first-order valence-corrected chi connectivity index (χ1v) is 10.1. The maximum Gasteiger partial charge on any atom is 0.332 e. The molecule has 0 radical (unpaired) electrons. The van der Waals surface area contributed by atoms with Gasteiger partial charge in [-0.05, 0) is 36.6 Å². The van der Waals surface area contributed by atoms with Crippen molar-refractivity contribution in [2.24, 2.45) is 21.1 Å². The lowest BCUT2D eigenvalue weighted by molar-refractivity contribution is -0.137. The van der Waals surface area contributed by atoms with Gasteiger partial charge in [-0.3, -0.25) is 23.5 Å². The van der Waals surface area contributed by atoms with E-state index in [1.54, 1.807) is 49.0 Å². The molecule has 3 aromatic rings. The number of benzene rings is 1. The van der Waals surface area contributed by atoms with E-state index in [1.165, 1.54) is 11.6 Å². The number of unbranched alkanes of at least 4 members (excludes halogenated alkanes) is 1. The highest BCUT2D eigenvalue weighted by Crippen LogP contribution is 2.16. The minimum Gasteiger partial charge on any atom is -0.481 e. The number of hydrogen-bond donors (Lipinski definition) is 2. The summed E-state index contributed by atoms with van der Waals surface area (Å²) < 4.78 is 4.02. The van der Waals surface area contributed by atoms with Crippen LogP contribution in [0.25, 0.3) is 23.3 Å². The van der Waals surface area contributed by atoms with Crippen molar-refractivity contribution >= 4 is 40.9 Å². The average molecular weight is 439 g/mol. The number of aryl methyl sites for hydroxylation is 2. The normalized spacial score (nSPS) is 11.3. The molecule has 0 atom stereocenters. The van der Waals surface area contributed by atoms with Crippen LogP contribution in [0.1, 0.15) is 37.1 Å². The van der Waals surface area contributed by atoms with Gasteiger partial charge in [-0.25, -0.2) is 9.78 Å². The van der Waals surface area contributed by atoms with Crippen molar-refractivity contribution in [3.63, 3.8) is 0 Å². The number of nitrogens with zero attached hydrogens (tertiary/aromatic N) is 4. The maximum absolute atomic E-state index is 12.5. The zero-order valence-corrected chi connectivity index (χ0v) is 18.2. The largest absolute Gasteiger partial charge is 0.481 e. The molecule has 0 bridgehead atoms. The molecule has 0 spiro atoms. The van der Waals surface area contributed by atoms with Gasteiger partial charge in [0.15, 0.2) is 11.2 Å². The van der Waals surface area contributed by atoms with Crippen molar-refractivity contribution in [3.8, 4) is 0 Å². The Kier molecular flexibility index (Phi) is 6.72. The summed E-state index contributed by atoms with van der Waals surface area (Å²) in [5.74, 6) is -0.539. The summed E-state index contributed by atoms with van der Waals surface area (Å²) in [6, 6.07) is 7.22. The lowest BCUT2D eigenvalue weighted by atomic mass is 10.1. The molecule has 168 valence electrons. The van der Waals surface area contributed by atoms with Crippen molar-refractivity contribution in [3.05, 3.63) is 56.5 Å². The Morgan fingerprint density at radius 1 is 1.03 bits per heavy atom. The minimum atomic E-state index is -0.868. The first-order chi connectivity index (χ1) is 15.2. The summed E-state index contributed by atoms with van der Waals surface area (Å²) >= 11 is 0. The van der Waals surface area contributed by atoms with Crippen LogP contribution < -0.4 is 16.6 Å². The van der Waals surface area contributed by atoms with E-state index in [-0.39, 0.29) is 18.7 Å². The molecule has 10 heteroatoms. The third-order valence-electron chi connectivity index (χ3n) is 5.15. The van der Waals surface area contributed by atoms with E-state index in [9.17, 15) is 19.2 Å². The average Bonchev–Trinajstić information content (AvgIpc) is 3.09. The molecule has 0 fully saturated rings. The number of nitrogens with one attached hydrogen (secondary N) is 1. The number of rotatable bonds is 8. The lowest BCUT2D eigenvalue weighted by Gasteiger charge is -2.06. The Balaban J connectivity index is 1.76. The second-order valence-corrected chi connectivity index (χ2v) is 7.51. The van der Waals surface area contributed by atoms with Crippen molar-refractivity contribution in [1.82, 2.24) is 18.7 Å². The fraction of sp³-hybridized carbons (Fsp3) is 0.318. The number of carbonyl (C=O) groups excluding carboxylic acids is 1. The molecule has 32 heavy (non-hydrogen) atoms. The third-order valence-corrected chi connectivity index (χ3v) is 5.15. The molecule has 0 unspecified atom stereocenters. The van der Waals surface area contributed by atoms with Gasteiger partial charge in [-0.1, -0.05) is 18.2 Å². The van der Waals surface area contributed by atoms with E-state index in [1.807, 2.05) is 6.07 Å². The van der Waals surface area contributed by atoms with E-state index in [0.717, 1.165) is 10.1 Å². The number of carboxylic acid groups (broad SMARTS) is 1. The Bertz CT molecular complexity index is 1330. The molecule has 2 N–H and O–H groups in total. The van der Waals surface area contributed by atoms with Crippen LogP contribution in [0.3, 0.4) is 0 Å². The van der Waals surface area contributed by atoms with Gasteiger partial charge >= 0.3 is 11.7 Å². The Labute approximate surface area is 183 Å². The van der Waals surface area contributed by atoms with Crippen LogP contribution in [-0.2, 0) is 30.7 Å². The summed E-state index contributed by atoms with van der Waals surface area (Å²) in [7, 11) is 4.71. The number of amides is 1. The highest BCUT2D eigenvalue weighted by Gasteiger charge is 2.15. The van der Waals surface area contributed by atoms with Gasteiger partial charge in [0.2, 0.25) is 5.91 Å². The monoisotopic (exact) mass is 439 g/mol. The maximum atomic E-state index is 12.5. The van der Waals surface area contributed by atoms with Gasteiger partial charge in [0.1, 0.15) is 5.82 Å². The van der Waals surface area contributed by atoms with Gasteiger partial charge in [-0.2, -0.15) is 0 Å². The van der Waals surface area contributed by atoms with E-state index < -0.39 is 17.2 Å². The molecule has 0 aliphatic rings. The zero-order valence-electron chi connectivity index (χ0n) is 18.2. The summed E-state index contributed by atoms with van der Waals surface area (Å²) in [6.45, 7) is 0. The molecule has 2 aromatic heterocycles. The van der Waals surface area contributed by atoms with Crippen molar-refractivity contribution in [2.45, 2.75) is 25.7 Å². The van der Waals surface area contributed by atoms with E-state index in [4.69, 9.17) is 5.11 Å². The van der Waals surface area contributed by atoms with Crippen LogP contribution in [0.15, 0.2) is 33.9 Å². The Morgan fingerprint density at radius 3 is 2.47 bits per heavy atom. The van der Waals surface area contributed by atoms with Crippen molar-refractivity contribution in [1.29, 1.82) is 0 Å². The van der Waals surface area contributed by atoms with Crippen LogP contribution >= 0.6 is 0 Å². The molecular weight excluding hydrogens is 414 g/mol. The fourth-order valence-corrected chi connectivity index (χ4v) is 3.36. The Hall–Kier alpha value is -3.95. The second kappa shape index (κ2) is 9.46. The molecule has 0 saturated carbocycles. The number of aliphatic carboxylic acids is 1. The predicted octanol–water partition coefficient (Wildman–Crippen LogP) is 1.72. The van der Waals surface area contributed by atoms with Crippen LogP contribution in [0.4, 0.5) is 5.69 Å². The number of anilines is 1. The number of hydrogen-bond acceptors (Lipinski definition) is 5.